The van der Waals surface area contributed by atoms with Gasteiger partial charge in [-0.15, -0.1) is 8.42 Å². The van der Waals surface area contributed by atoms with Crippen molar-refractivity contribution in [1.82, 2.24) is 0 Å². The standard InChI is InChI=1S/C21H25FO10S/c1-18-7-14(26)20(22)10(11(18)6-13(25)21(18,28)15(27)8-23)4-3-9-5-12(24)16-17(19(9,20)2)32-33(29,30)31-16/h5,10-11,13-14,23,25-26,28H,3-4,6-8H2,1-2H3/t10-,11-,13+,14-,18-,19+,20-,21?/m0/s1. The number of aliphatic hydroxyl groups excluding tert-OH is 3. The minimum Gasteiger partial charge on any atom is -0.390 e. The molecule has 182 valence electrons. The summed E-state index contributed by atoms with van der Waals surface area (Å²) in [7, 11) is -4.63. The van der Waals surface area contributed by atoms with Gasteiger partial charge < -0.3 is 28.8 Å². The Bertz CT molecular complexity index is 1150. The van der Waals surface area contributed by atoms with Gasteiger partial charge >= 0.3 is 10.4 Å². The molecule has 0 bridgehead atoms. The van der Waals surface area contributed by atoms with Gasteiger partial charge in [0.15, 0.2) is 22.8 Å². The zero-order valence-electron chi connectivity index (χ0n) is 17.9. The van der Waals surface area contributed by atoms with E-state index in [9.17, 15) is 38.4 Å². The van der Waals surface area contributed by atoms with Crippen LogP contribution in [0, 0.1) is 22.7 Å². The van der Waals surface area contributed by atoms with Crippen LogP contribution < -0.4 is 0 Å². The summed E-state index contributed by atoms with van der Waals surface area (Å²) in [6.07, 6.45) is -2.70. The topological polar surface area (TPSA) is 168 Å². The first-order valence-electron chi connectivity index (χ1n) is 10.7. The van der Waals surface area contributed by atoms with Crippen LogP contribution in [0.4, 0.5) is 4.39 Å². The number of aliphatic hydroxyl groups is 4. The summed E-state index contributed by atoms with van der Waals surface area (Å²) < 4.78 is 51.0. The molecular weight excluding hydrogens is 463 g/mol. The predicted molar refractivity (Wildman–Crippen MR) is 106 cm³/mol. The Morgan fingerprint density at radius 3 is 2.52 bits per heavy atom. The summed E-state index contributed by atoms with van der Waals surface area (Å²) in [6.45, 7) is 1.79. The predicted octanol–water partition coefficient (Wildman–Crippen LogP) is -0.433. The van der Waals surface area contributed by atoms with E-state index in [-0.39, 0.29) is 24.8 Å². The van der Waals surface area contributed by atoms with Gasteiger partial charge in [0.2, 0.25) is 11.5 Å². The lowest BCUT2D eigenvalue weighted by atomic mass is 9.44. The normalized spacial score (nSPS) is 49.8. The Hall–Kier alpha value is -1.86. The van der Waals surface area contributed by atoms with E-state index in [1.807, 2.05) is 0 Å². The van der Waals surface area contributed by atoms with Crippen LogP contribution in [0.25, 0.3) is 0 Å². The first-order valence-corrected chi connectivity index (χ1v) is 12.1. The molecule has 33 heavy (non-hydrogen) atoms. The molecule has 0 saturated heterocycles. The van der Waals surface area contributed by atoms with Gasteiger partial charge in [0, 0.05) is 11.3 Å². The fourth-order valence-electron chi connectivity index (χ4n) is 7.41. The minimum atomic E-state index is -4.63. The van der Waals surface area contributed by atoms with Crippen LogP contribution in [-0.4, -0.2) is 70.5 Å². The van der Waals surface area contributed by atoms with Gasteiger partial charge in [-0.05, 0) is 50.2 Å². The number of allylic oxidation sites excluding steroid dienone is 2. The molecule has 0 amide bonds. The van der Waals surface area contributed by atoms with Crippen molar-refractivity contribution in [3.8, 4) is 0 Å². The lowest BCUT2D eigenvalue weighted by Crippen LogP contribution is -2.70. The third-order valence-electron chi connectivity index (χ3n) is 9.04. The molecule has 0 radical (unpaired) electrons. The third-order valence-corrected chi connectivity index (χ3v) is 9.78. The Balaban J connectivity index is 1.68. The highest BCUT2D eigenvalue weighted by molar-refractivity contribution is 7.82. The Morgan fingerprint density at radius 2 is 1.88 bits per heavy atom. The van der Waals surface area contributed by atoms with Crippen molar-refractivity contribution >= 4 is 22.0 Å². The van der Waals surface area contributed by atoms with Crippen LogP contribution in [0.3, 0.4) is 0 Å². The summed E-state index contributed by atoms with van der Waals surface area (Å²) in [5.41, 5.74) is -8.07. The third kappa shape index (κ3) is 2.38. The van der Waals surface area contributed by atoms with E-state index in [1.165, 1.54) is 13.8 Å². The summed E-state index contributed by atoms with van der Waals surface area (Å²) in [5.74, 6) is -4.83. The number of fused-ring (bicyclic) bond motifs is 6. The van der Waals surface area contributed by atoms with Gasteiger partial charge in [-0.25, -0.2) is 4.39 Å². The lowest BCUT2D eigenvalue weighted by Gasteiger charge is -2.62. The van der Waals surface area contributed by atoms with E-state index in [0.717, 1.165) is 6.08 Å². The molecule has 8 atom stereocenters. The highest BCUT2D eigenvalue weighted by Crippen LogP contribution is 2.71. The molecular formula is C21H25FO10S. The molecule has 0 aromatic carbocycles. The van der Waals surface area contributed by atoms with E-state index in [1.54, 1.807) is 0 Å². The summed E-state index contributed by atoms with van der Waals surface area (Å²) in [5, 5.41) is 42.6. The second kappa shape index (κ2) is 6.42. The van der Waals surface area contributed by atoms with Crippen molar-refractivity contribution in [2.75, 3.05) is 6.61 Å². The van der Waals surface area contributed by atoms with E-state index < -0.39 is 92.7 Å². The van der Waals surface area contributed by atoms with Crippen molar-refractivity contribution in [1.29, 1.82) is 0 Å². The molecule has 5 aliphatic rings. The maximum atomic E-state index is 17.4. The number of halogens is 1. The molecule has 4 N–H and O–H groups in total. The summed E-state index contributed by atoms with van der Waals surface area (Å²) >= 11 is 0. The molecule has 1 aliphatic heterocycles. The van der Waals surface area contributed by atoms with Gasteiger partial charge in [-0.2, -0.15) is 0 Å². The molecule has 0 aromatic heterocycles. The number of hydrogen-bond donors (Lipinski definition) is 4. The van der Waals surface area contributed by atoms with E-state index >= 15 is 4.39 Å². The molecule has 10 nitrogen and oxygen atoms in total. The number of hydrogen-bond acceptors (Lipinski definition) is 10. The van der Waals surface area contributed by atoms with Gasteiger partial charge in [0.1, 0.15) is 6.61 Å². The minimum absolute atomic E-state index is 0.106. The van der Waals surface area contributed by atoms with Crippen molar-refractivity contribution in [2.45, 2.75) is 63.0 Å². The SMILES string of the molecule is C[C@@]12C(=CC(=O)C3=C1OS(=O)(=O)O3)CC[C@H]1[C@@H]3C[C@@H](O)C(O)(C(=O)CO)[C@@]3(C)C[C@H](O)[C@@]12F. The highest BCUT2D eigenvalue weighted by atomic mass is 32.3. The van der Waals surface area contributed by atoms with Gasteiger partial charge in [-0.1, -0.05) is 6.92 Å². The first kappa shape index (κ1) is 22.9. The molecule has 4 aliphatic carbocycles. The number of alkyl halides is 1. The van der Waals surface area contributed by atoms with Crippen LogP contribution in [0.15, 0.2) is 23.2 Å². The number of carbonyl (C=O) groups is 2. The highest BCUT2D eigenvalue weighted by Gasteiger charge is 2.78. The van der Waals surface area contributed by atoms with Crippen molar-refractivity contribution < 1.29 is 51.2 Å². The largest absolute Gasteiger partial charge is 0.501 e. The lowest BCUT2D eigenvalue weighted by molar-refractivity contribution is -0.226. The fourth-order valence-corrected chi connectivity index (χ4v) is 8.25. The Labute approximate surface area is 189 Å². The molecule has 1 heterocycles. The number of rotatable bonds is 2. The average molecular weight is 488 g/mol. The van der Waals surface area contributed by atoms with Crippen LogP contribution in [0.5, 0.6) is 0 Å². The zero-order chi connectivity index (χ0) is 24.4. The van der Waals surface area contributed by atoms with Gasteiger partial charge in [0.25, 0.3) is 0 Å². The maximum absolute atomic E-state index is 17.4. The van der Waals surface area contributed by atoms with E-state index in [0.29, 0.717) is 0 Å². The van der Waals surface area contributed by atoms with Gasteiger partial charge in [-0.3, -0.25) is 9.59 Å². The van der Waals surface area contributed by atoms with Crippen molar-refractivity contribution in [3.05, 3.63) is 23.2 Å². The molecule has 5 rings (SSSR count). The second-order valence-corrected chi connectivity index (χ2v) is 11.3. The van der Waals surface area contributed by atoms with Crippen molar-refractivity contribution in [2.24, 2.45) is 22.7 Å². The molecule has 1 unspecified atom stereocenters. The molecule has 3 saturated carbocycles. The van der Waals surface area contributed by atoms with Gasteiger partial charge in [0.05, 0.1) is 17.6 Å². The molecule has 0 aromatic rings. The Morgan fingerprint density at radius 1 is 1.21 bits per heavy atom. The van der Waals surface area contributed by atoms with Crippen LogP contribution in [0.2, 0.25) is 0 Å². The smallest absolute Gasteiger partial charge is 0.390 e. The Kier molecular flexibility index (Phi) is 4.46. The second-order valence-electron chi connectivity index (χ2n) is 10.1. The van der Waals surface area contributed by atoms with E-state index in [2.05, 4.69) is 4.18 Å². The quantitative estimate of drug-likeness (QED) is 0.400. The first-order chi connectivity index (χ1) is 15.2. The average Bonchev–Trinajstić information content (AvgIpc) is 3.17. The number of carbonyl (C=O) groups excluding carboxylic acids is 2. The summed E-state index contributed by atoms with van der Waals surface area (Å²) in [4.78, 5) is 25.0. The van der Waals surface area contributed by atoms with Crippen LogP contribution >= 0.6 is 0 Å². The van der Waals surface area contributed by atoms with E-state index in [4.69, 9.17) is 4.18 Å². The van der Waals surface area contributed by atoms with Crippen LogP contribution in [0.1, 0.15) is 39.5 Å². The molecule has 3 fully saturated rings. The zero-order valence-corrected chi connectivity index (χ0v) is 18.8. The van der Waals surface area contributed by atoms with Crippen molar-refractivity contribution in [3.63, 3.8) is 0 Å². The molecule has 12 heteroatoms. The van der Waals surface area contributed by atoms with Crippen LogP contribution in [-0.2, 0) is 28.4 Å². The number of Topliss-reactive ketones (excluding diaryl/α,β-unsaturated/α-hetero) is 1. The molecule has 0 spiro atoms. The maximum Gasteiger partial charge on any atom is 0.501 e. The monoisotopic (exact) mass is 488 g/mol. The summed E-state index contributed by atoms with van der Waals surface area (Å²) in [6, 6.07) is 0. The number of ketones is 2. The fraction of sp³-hybridized carbons (Fsp3) is 0.714.